The summed E-state index contributed by atoms with van der Waals surface area (Å²) in [5, 5.41) is 5.51. The zero-order valence-electron chi connectivity index (χ0n) is 15.7. The number of likely N-dealkylation sites (N-methyl/N-ethyl adjacent to an activating group) is 1. The second-order valence-electron chi connectivity index (χ2n) is 6.36. The maximum Gasteiger partial charge on any atom is 0.313 e. The van der Waals surface area contributed by atoms with Crippen molar-refractivity contribution in [3.05, 3.63) is 58.6 Å². The summed E-state index contributed by atoms with van der Waals surface area (Å²) < 4.78 is 5.59. The lowest BCUT2D eigenvalue weighted by atomic mass is 10.1. The molecule has 0 radical (unpaired) electrons. The summed E-state index contributed by atoms with van der Waals surface area (Å²) in [6.07, 6.45) is 0. The van der Waals surface area contributed by atoms with Crippen LogP contribution in [0.25, 0.3) is 0 Å². The minimum absolute atomic E-state index is 0.290. The maximum absolute atomic E-state index is 12.1. The molecular weight excluding hydrogens is 366 g/mol. The number of hydrogen-bond acceptors (Lipinski definition) is 4. The van der Waals surface area contributed by atoms with Gasteiger partial charge in [-0.15, -0.1) is 0 Å². The highest BCUT2D eigenvalue weighted by atomic mass is 35.5. The van der Waals surface area contributed by atoms with Crippen molar-refractivity contribution in [1.29, 1.82) is 0 Å². The number of amides is 2. The van der Waals surface area contributed by atoms with Crippen molar-refractivity contribution in [2.45, 2.75) is 13.5 Å². The number of rotatable bonds is 7. The van der Waals surface area contributed by atoms with Crippen molar-refractivity contribution in [3.8, 4) is 5.75 Å². The van der Waals surface area contributed by atoms with Crippen molar-refractivity contribution >= 4 is 29.1 Å². The Kier molecular flexibility index (Phi) is 7.64. The van der Waals surface area contributed by atoms with Crippen molar-refractivity contribution in [2.75, 3.05) is 32.6 Å². The monoisotopic (exact) mass is 389 g/mol. The van der Waals surface area contributed by atoms with Crippen molar-refractivity contribution in [2.24, 2.45) is 0 Å². The Labute approximate surface area is 164 Å². The predicted molar refractivity (Wildman–Crippen MR) is 107 cm³/mol. The molecule has 2 aromatic rings. The van der Waals surface area contributed by atoms with Gasteiger partial charge in [0.2, 0.25) is 0 Å². The largest absolute Gasteiger partial charge is 0.491 e. The van der Waals surface area contributed by atoms with Crippen LogP contribution in [0.4, 0.5) is 5.69 Å². The van der Waals surface area contributed by atoms with Gasteiger partial charge in [-0.2, -0.15) is 0 Å². The first-order valence-electron chi connectivity index (χ1n) is 8.57. The fourth-order valence-electron chi connectivity index (χ4n) is 2.29. The number of hydrogen-bond donors (Lipinski definition) is 2. The van der Waals surface area contributed by atoms with E-state index in [-0.39, 0.29) is 0 Å². The Morgan fingerprint density at radius 3 is 2.52 bits per heavy atom. The number of benzene rings is 2. The third-order valence-corrected chi connectivity index (χ3v) is 4.19. The van der Waals surface area contributed by atoms with Crippen LogP contribution < -0.4 is 15.4 Å². The van der Waals surface area contributed by atoms with E-state index >= 15 is 0 Å². The van der Waals surface area contributed by atoms with Gasteiger partial charge in [0.1, 0.15) is 12.4 Å². The molecule has 0 aliphatic carbocycles. The molecule has 0 aromatic heterocycles. The summed E-state index contributed by atoms with van der Waals surface area (Å²) >= 11 is 6.18. The maximum atomic E-state index is 12.1. The molecule has 0 atom stereocenters. The van der Waals surface area contributed by atoms with Gasteiger partial charge in [-0.1, -0.05) is 35.9 Å². The predicted octanol–water partition coefficient (Wildman–Crippen LogP) is 2.84. The second-order valence-corrected chi connectivity index (χ2v) is 6.77. The number of ether oxygens (including phenoxy) is 1. The van der Waals surface area contributed by atoms with Gasteiger partial charge in [0, 0.05) is 18.8 Å². The average Bonchev–Trinajstić information content (AvgIpc) is 2.62. The first-order chi connectivity index (χ1) is 12.9. The Balaban J connectivity index is 1.88. The molecule has 0 aliphatic heterocycles. The lowest BCUT2D eigenvalue weighted by molar-refractivity contribution is -0.136. The Hall–Kier alpha value is -2.57. The van der Waals surface area contributed by atoms with Crippen LogP contribution in [0.15, 0.2) is 42.5 Å². The van der Waals surface area contributed by atoms with Crippen LogP contribution in [0.1, 0.15) is 11.1 Å². The Morgan fingerprint density at radius 2 is 1.85 bits per heavy atom. The fraction of sp³-hybridized carbons (Fsp3) is 0.300. The van der Waals surface area contributed by atoms with E-state index in [0.717, 1.165) is 17.7 Å². The van der Waals surface area contributed by atoms with Gasteiger partial charge in [0.15, 0.2) is 0 Å². The van der Waals surface area contributed by atoms with Gasteiger partial charge in [0.05, 0.1) is 5.02 Å². The van der Waals surface area contributed by atoms with E-state index in [0.29, 0.717) is 29.6 Å². The second kappa shape index (κ2) is 9.94. The number of anilines is 1. The molecule has 144 valence electrons. The van der Waals surface area contributed by atoms with E-state index in [1.165, 1.54) is 0 Å². The molecule has 0 spiro atoms. The quantitative estimate of drug-likeness (QED) is 0.714. The van der Waals surface area contributed by atoms with Crippen molar-refractivity contribution in [3.63, 3.8) is 0 Å². The summed E-state index contributed by atoms with van der Waals surface area (Å²) in [6.45, 7) is 3.50. The molecule has 2 aromatic carbocycles. The Bertz CT molecular complexity index is 809. The van der Waals surface area contributed by atoms with Gasteiger partial charge < -0.3 is 20.3 Å². The van der Waals surface area contributed by atoms with Crippen LogP contribution in [0.5, 0.6) is 5.75 Å². The molecule has 7 heteroatoms. The van der Waals surface area contributed by atoms with Gasteiger partial charge in [-0.05, 0) is 50.3 Å². The van der Waals surface area contributed by atoms with E-state index in [9.17, 15) is 9.59 Å². The van der Waals surface area contributed by atoms with Crippen LogP contribution in [0.3, 0.4) is 0 Å². The lowest BCUT2D eigenvalue weighted by Crippen LogP contribution is -2.35. The van der Waals surface area contributed by atoms with Crippen molar-refractivity contribution in [1.82, 2.24) is 10.2 Å². The SMILES string of the molecule is Cc1ccccc1CNC(=O)C(=O)Nc1ccc(OCCN(C)C)c(Cl)c1. The molecule has 0 saturated carbocycles. The lowest BCUT2D eigenvalue weighted by Gasteiger charge is -2.13. The molecule has 2 rings (SSSR count). The fourth-order valence-corrected chi connectivity index (χ4v) is 2.52. The van der Waals surface area contributed by atoms with Gasteiger partial charge in [0.25, 0.3) is 0 Å². The van der Waals surface area contributed by atoms with Gasteiger partial charge in [-0.25, -0.2) is 0 Å². The van der Waals surface area contributed by atoms with E-state index < -0.39 is 11.8 Å². The summed E-state index contributed by atoms with van der Waals surface area (Å²) in [5.74, 6) is -0.929. The summed E-state index contributed by atoms with van der Waals surface area (Å²) in [5.41, 5.74) is 2.44. The molecule has 0 fully saturated rings. The number of carbonyl (C=O) groups excluding carboxylic acids is 2. The molecule has 0 aliphatic rings. The highest BCUT2D eigenvalue weighted by molar-refractivity contribution is 6.39. The van der Waals surface area contributed by atoms with Crippen LogP contribution in [0.2, 0.25) is 5.02 Å². The number of aryl methyl sites for hydroxylation is 1. The molecule has 0 bridgehead atoms. The van der Waals surface area contributed by atoms with E-state index in [1.54, 1.807) is 18.2 Å². The minimum Gasteiger partial charge on any atom is -0.491 e. The first kappa shape index (κ1) is 20.7. The molecular formula is C20H24ClN3O3. The molecule has 0 saturated heterocycles. The Morgan fingerprint density at radius 1 is 1.11 bits per heavy atom. The van der Waals surface area contributed by atoms with Crippen LogP contribution in [-0.2, 0) is 16.1 Å². The van der Waals surface area contributed by atoms with E-state index in [2.05, 4.69) is 10.6 Å². The molecule has 2 N–H and O–H groups in total. The highest BCUT2D eigenvalue weighted by Gasteiger charge is 2.14. The standard InChI is InChI=1S/C20H24ClN3O3/c1-14-6-4-5-7-15(14)13-22-19(25)20(26)23-16-8-9-18(17(21)12-16)27-11-10-24(2)3/h4-9,12H,10-11,13H2,1-3H3,(H,22,25)(H,23,26). The topological polar surface area (TPSA) is 70.7 Å². The number of carbonyl (C=O) groups is 2. The van der Waals surface area contributed by atoms with Gasteiger partial charge in [-0.3, -0.25) is 9.59 Å². The third-order valence-electron chi connectivity index (χ3n) is 3.89. The number of nitrogens with zero attached hydrogens (tertiary/aromatic N) is 1. The molecule has 27 heavy (non-hydrogen) atoms. The van der Waals surface area contributed by atoms with Crippen molar-refractivity contribution < 1.29 is 14.3 Å². The molecule has 0 unspecified atom stereocenters. The molecule has 2 amide bonds. The molecule has 0 heterocycles. The number of halogens is 1. The van der Waals surface area contributed by atoms with Crippen LogP contribution in [0, 0.1) is 6.92 Å². The molecule has 6 nitrogen and oxygen atoms in total. The van der Waals surface area contributed by atoms with Gasteiger partial charge >= 0.3 is 11.8 Å². The van der Waals surface area contributed by atoms with E-state index in [1.807, 2.05) is 50.2 Å². The zero-order chi connectivity index (χ0) is 19.8. The summed E-state index contributed by atoms with van der Waals surface area (Å²) in [7, 11) is 3.90. The minimum atomic E-state index is -0.749. The van der Waals surface area contributed by atoms with E-state index in [4.69, 9.17) is 16.3 Å². The third kappa shape index (κ3) is 6.58. The zero-order valence-corrected chi connectivity index (χ0v) is 16.5. The average molecular weight is 390 g/mol. The highest BCUT2D eigenvalue weighted by Crippen LogP contribution is 2.27. The number of nitrogens with one attached hydrogen (secondary N) is 2. The van der Waals surface area contributed by atoms with Crippen LogP contribution in [-0.4, -0.2) is 44.0 Å². The normalized spacial score (nSPS) is 10.6. The first-order valence-corrected chi connectivity index (χ1v) is 8.95. The van der Waals surface area contributed by atoms with Crippen LogP contribution >= 0.6 is 11.6 Å². The summed E-state index contributed by atoms with van der Waals surface area (Å²) in [6, 6.07) is 12.5. The smallest absolute Gasteiger partial charge is 0.313 e. The summed E-state index contributed by atoms with van der Waals surface area (Å²) in [4.78, 5) is 26.1.